The second-order valence-electron chi connectivity index (χ2n) is 20.7. The largest absolute Gasteiger partial charge is 0.466 e. The molecule has 0 aromatic carbocycles. The van der Waals surface area contributed by atoms with Gasteiger partial charge in [-0.3, -0.25) is 9.59 Å². The second kappa shape index (κ2) is 57.7. The molecule has 0 aliphatic carbocycles. The van der Waals surface area contributed by atoms with E-state index in [1.807, 2.05) is 6.08 Å². The van der Waals surface area contributed by atoms with Gasteiger partial charge >= 0.3 is 5.97 Å². The maximum atomic E-state index is 12.5. The van der Waals surface area contributed by atoms with E-state index in [0.29, 0.717) is 19.4 Å². The first-order chi connectivity index (χ1) is 33.5. The van der Waals surface area contributed by atoms with Crippen molar-refractivity contribution in [1.29, 1.82) is 0 Å². The van der Waals surface area contributed by atoms with E-state index in [1.165, 1.54) is 238 Å². The highest BCUT2D eigenvalue weighted by Gasteiger charge is 2.18. The third-order valence-corrected chi connectivity index (χ3v) is 13.9. The Hall–Kier alpha value is -1.92. The Morgan fingerprint density at radius 2 is 0.765 bits per heavy atom. The molecule has 0 aliphatic rings. The van der Waals surface area contributed by atoms with Gasteiger partial charge in [0.25, 0.3) is 0 Å². The van der Waals surface area contributed by atoms with Crippen LogP contribution in [0.2, 0.25) is 0 Å². The smallest absolute Gasteiger partial charge is 0.305 e. The van der Waals surface area contributed by atoms with Gasteiger partial charge in [-0.1, -0.05) is 288 Å². The van der Waals surface area contributed by atoms with Crippen LogP contribution in [0.4, 0.5) is 0 Å². The maximum Gasteiger partial charge on any atom is 0.305 e. The number of aliphatic hydroxyl groups excluding tert-OH is 2. The quantitative estimate of drug-likeness (QED) is 0.0321. The molecule has 0 radical (unpaired) electrons. The summed E-state index contributed by atoms with van der Waals surface area (Å²) in [5, 5.41) is 23.2. The number of hydrogen-bond acceptors (Lipinski definition) is 5. The third-order valence-electron chi connectivity index (χ3n) is 13.9. The molecule has 0 saturated carbocycles. The highest BCUT2D eigenvalue weighted by Crippen LogP contribution is 2.17. The monoisotopic (exact) mass is 956 g/mol. The van der Waals surface area contributed by atoms with Crippen molar-refractivity contribution in [2.45, 2.75) is 334 Å². The molecule has 2 atom stereocenters. The highest BCUT2D eigenvalue weighted by molar-refractivity contribution is 5.76. The Balaban J connectivity index is 3.47. The molecule has 0 aliphatic heterocycles. The number of rotatable bonds is 56. The summed E-state index contributed by atoms with van der Waals surface area (Å²) in [6.07, 6.45) is 71.7. The lowest BCUT2D eigenvalue weighted by atomic mass is 10.0. The number of carbonyl (C=O) groups excluding carboxylic acids is 2. The fraction of sp³-hybridized carbons (Fsp3) is 0.871. The van der Waals surface area contributed by atoms with Crippen molar-refractivity contribution in [3.05, 3.63) is 36.5 Å². The summed E-state index contributed by atoms with van der Waals surface area (Å²) in [4.78, 5) is 24.5. The number of hydrogen-bond donors (Lipinski definition) is 3. The predicted octanol–water partition coefficient (Wildman–Crippen LogP) is 18.8. The molecule has 0 aromatic heterocycles. The van der Waals surface area contributed by atoms with Crippen LogP contribution in [0.25, 0.3) is 0 Å². The van der Waals surface area contributed by atoms with Gasteiger partial charge in [0.2, 0.25) is 5.91 Å². The Morgan fingerprint density at radius 3 is 1.18 bits per heavy atom. The predicted molar refractivity (Wildman–Crippen MR) is 296 cm³/mol. The van der Waals surface area contributed by atoms with E-state index in [2.05, 4.69) is 43.5 Å². The molecule has 3 N–H and O–H groups in total. The number of aliphatic hydroxyl groups is 2. The molecule has 2 unspecified atom stereocenters. The average molecular weight is 957 g/mol. The van der Waals surface area contributed by atoms with Gasteiger partial charge < -0.3 is 20.3 Å². The molecule has 0 saturated heterocycles. The van der Waals surface area contributed by atoms with Crippen LogP contribution in [0.3, 0.4) is 0 Å². The van der Waals surface area contributed by atoms with E-state index in [-0.39, 0.29) is 18.5 Å². The molecular formula is C62H117NO5. The number of allylic oxidation sites excluding steroid dienone is 5. The van der Waals surface area contributed by atoms with Gasteiger partial charge in [-0.2, -0.15) is 0 Å². The summed E-state index contributed by atoms with van der Waals surface area (Å²) in [5.41, 5.74) is 0. The Labute approximate surface area is 424 Å². The molecule has 68 heavy (non-hydrogen) atoms. The molecule has 1 amide bonds. The molecule has 0 spiro atoms. The minimum atomic E-state index is -0.851. The normalized spacial score (nSPS) is 12.8. The van der Waals surface area contributed by atoms with Gasteiger partial charge in [0.1, 0.15) is 0 Å². The summed E-state index contributed by atoms with van der Waals surface area (Å²) in [6.45, 7) is 4.84. The molecule has 0 rings (SSSR count). The number of amides is 1. The summed E-state index contributed by atoms with van der Waals surface area (Å²) in [5.74, 6) is -0.0858. The molecule has 6 nitrogen and oxygen atoms in total. The summed E-state index contributed by atoms with van der Waals surface area (Å²) < 4.78 is 5.46. The number of ether oxygens (including phenoxy) is 1. The van der Waals surface area contributed by atoms with E-state index in [4.69, 9.17) is 4.74 Å². The van der Waals surface area contributed by atoms with E-state index < -0.39 is 12.1 Å². The minimum absolute atomic E-state index is 0.0130. The van der Waals surface area contributed by atoms with Gasteiger partial charge in [-0.25, -0.2) is 0 Å². The van der Waals surface area contributed by atoms with E-state index in [1.54, 1.807) is 6.08 Å². The Kier molecular flexibility index (Phi) is 56.0. The fourth-order valence-corrected chi connectivity index (χ4v) is 9.26. The van der Waals surface area contributed by atoms with Crippen LogP contribution < -0.4 is 5.32 Å². The average Bonchev–Trinajstić information content (AvgIpc) is 3.34. The van der Waals surface area contributed by atoms with Crippen LogP contribution in [0.15, 0.2) is 36.5 Å². The minimum Gasteiger partial charge on any atom is -0.466 e. The number of unbranched alkanes of at least 4 members (excludes halogenated alkanes) is 41. The van der Waals surface area contributed by atoms with Crippen LogP contribution in [-0.2, 0) is 14.3 Å². The van der Waals surface area contributed by atoms with Crippen molar-refractivity contribution in [3.63, 3.8) is 0 Å². The van der Waals surface area contributed by atoms with Crippen LogP contribution in [0.5, 0.6) is 0 Å². The van der Waals surface area contributed by atoms with Gasteiger partial charge in [-0.15, -0.1) is 0 Å². The second-order valence-corrected chi connectivity index (χ2v) is 20.7. The van der Waals surface area contributed by atoms with Crippen LogP contribution in [0, 0.1) is 0 Å². The van der Waals surface area contributed by atoms with Crippen LogP contribution >= 0.6 is 0 Å². The van der Waals surface area contributed by atoms with Gasteiger partial charge in [0, 0.05) is 12.8 Å². The van der Waals surface area contributed by atoms with E-state index in [9.17, 15) is 19.8 Å². The molecule has 400 valence electrons. The lowest BCUT2D eigenvalue weighted by molar-refractivity contribution is -0.143. The number of carbonyl (C=O) groups is 2. The van der Waals surface area contributed by atoms with Crippen molar-refractivity contribution in [3.8, 4) is 0 Å². The van der Waals surface area contributed by atoms with Crippen LogP contribution in [-0.4, -0.2) is 47.4 Å². The van der Waals surface area contributed by atoms with Gasteiger partial charge in [-0.05, 0) is 57.8 Å². The summed E-state index contributed by atoms with van der Waals surface area (Å²) in [7, 11) is 0. The van der Waals surface area contributed by atoms with Crippen molar-refractivity contribution in [2.75, 3.05) is 13.2 Å². The lowest BCUT2D eigenvalue weighted by Gasteiger charge is -2.20. The first kappa shape index (κ1) is 66.1. The summed E-state index contributed by atoms with van der Waals surface area (Å²) >= 11 is 0. The molecular weight excluding hydrogens is 839 g/mol. The molecule has 0 aromatic rings. The van der Waals surface area contributed by atoms with Crippen molar-refractivity contribution in [1.82, 2.24) is 5.32 Å². The van der Waals surface area contributed by atoms with Gasteiger partial charge in [0.15, 0.2) is 0 Å². The number of nitrogens with one attached hydrogen (secondary N) is 1. The SMILES string of the molecule is CCC/C=C\C/C=C\CCCCCCCC(=O)OCCCCCCCCCCCCCCCCCCC(=O)NC(CO)C(O)/C=C/CCCCCCCCCCCCCCCCCCCCCC. The zero-order chi connectivity index (χ0) is 49.3. The third kappa shape index (κ3) is 53.4. The van der Waals surface area contributed by atoms with Crippen molar-refractivity contribution in [2.24, 2.45) is 0 Å². The zero-order valence-electron chi connectivity index (χ0n) is 45.6. The topological polar surface area (TPSA) is 95.9 Å². The fourth-order valence-electron chi connectivity index (χ4n) is 9.26. The first-order valence-corrected chi connectivity index (χ1v) is 30.3. The molecule has 0 bridgehead atoms. The van der Waals surface area contributed by atoms with Crippen molar-refractivity contribution < 1.29 is 24.5 Å². The first-order valence-electron chi connectivity index (χ1n) is 30.3. The standard InChI is InChI=1S/C62H117NO5/c1-3-5-7-9-11-13-15-17-18-19-20-21-22-23-24-27-31-34-38-42-46-50-54-60(65)59(58-64)63-61(66)55-51-47-43-39-35-32-28-25-26-29-33-37-41-45-49-53-57-68-62(67)56-52-48-44-40-36-30-16-14-12-10-8-6-4-2/h8,10,14,16,50,54,59-60,64-65H,3-7,9,11-13,15,17-49,51-53,55-58H2,1-2H3,(H,63,66)/b10-8-,16-14-,54-50+. The Morgan fingerprint density at radius 1 is 0.412 bits per heavy atom. The lowest BCUT2D eigenvalue weighted by Crippen LogP contribution is -2.45. The molecule has 0 heterocycles. The maximum absolute atomic E-state index is 12.5. The van der Waals surface area contributed by atoms with E-state index in [0.717, 1.165) is 57.8 Å². The van der Waals surface area contributed by atoms with Gasteiger partial charge in [0.05, 0.1) is 25.4 Å². The number of esters is 1. The van der Waals surface area contributed by atoms with Crippen LogP contribution in [0.1, 0.15) is 322 Å². The zero-order valence-corrected chi connectivity index (χ0v) is 45.6. The highest BCUT2D eigenvalue weighted by atomic mass is 16.5. The Bertz CT molecular complexity index is 1100. The molecule has 0 fully saturated rings. The summed E-state index contributed by atoms with van der Waals surface area (Å²) in [6, 6.07) is -0.635. The molecule has 6 heteroatoms. The van der Waals surface area contributed by atoms with E-state index >= 15 is 0 Å². The van der Waals surface area contributed by atoms with Crippen molar-refractivity contribution >= 4 is 11.9 Å².